The number of aromatic hydroxyl groups is 1. The van der Waals surface area contributed by atoms with Crippen LogP contribution in [0.1, 0.15) is 49.0 Å². The predicted molar refractivity (Wildman–Crippen MR) is 79.8 cm³/mol. The van der Waals surface area contributed by atoms with Gasteiger partial charge < -0.3 is 10.2 Å². The Bertz CT molecular complexity index is 596. The van der Waals surface area contributed by atoms with Crippen molar-refractivity contribution in [1.29, 1.82) is 0 Å². The van der Waals surface area contributed by atoms with Crippen LogP contribution in [0.5, 0.6) is 5.75 Å². The van der Waals surface area contributed by atoms with E-state index in [2.05, 4.69) is 13.5 Å². The third kappa shape index (κ3) is 2.62. The molecule has 0 aromatic heterocycles. The highest BCUT2D eigenvalue weighted by Gasteiger charge is 2.23. The van der Waals surface area contributed by atoms with Gasteiger partial charge in [-0.1, -0.05) is 29.9 Å². The van der Waals surface area contributed by atoms with E-state index >= 15 is 0 Å². The fraction of sp³-hybridized carbons (Fsp3) is 0.353. The van der Waals surface area contributed by atoms with Crippen molar-refractivity contribution < 1.29 is 15.0 Å². The number of carboxylic acids is 1. The van der Waals surface area contributed by atoms with E-state index in [-0.39, 0.29) is 11.3 Å². The fourth-order valence-electron chi connectivity index (χ4n) is 2.78. The zero-order valence-corrected chi connectivity index (χ0v) is 11.9. The number of hydrogen-bond donors (Lipinski definition) is 2. The molecule has 106 valence electrons. The minimum absolute atomic E-state index is 0.0414. The molecule has 3 heteroatoms. The van der Waals surface area contributed by atoms with Crippen LogP contribution in [0.3, 0.4) is 0 Å². The van der Waals surface area contributed by atoms with E-state index in [1.165, 1.54) is 11.6 Å². The molecule has 3 nitrogen and oxygen atoms in total. The molecule has 2 rings (SSSR count). The van der Waals surface area contributed by atoms with Crippen molar-refractivity contribution >= 4 is 11.5 Å². The molecule has 2 N–H and O–H groups in total. The molecule has 0 bridgehead atoms. The number of carboxylic acid groups (broad SMARTS) is 1. The summed E-state index contributed by atoms with van der Waals surface area (Å²) in [4.78, 5) is 11.1. The van der Waals surface area contributed by atoms with Gasteiger partial charge in [-0.15, -0.1) is 0 Å². The SMILES string of the molecule is C=C(C)[C@@H]1CCC(C)=C(c2cccc(C(=O)O)c2O)C1. The number of aromatic carboxylic acids is 1. The Morgan fingerprint density at radius 1 is 1.40 bits per heavy atom. The minimum Gasteiger partial charge on any atom is -0.506 e. The molecule has 0 saturated carbocycles. The standard InChI is InChI=1S/C17H20O3/c1-10(2)12-8-7-11(3)15(9-12)13-5-4-6-14(16(13)18)17(19)20/h4-6,12,18H,1,7-9H2,2-3H3,(H,19,20)/t12-/m1/s1. The van der Waals surface area contributed by atoms with Crippen molar-refractivity contribution in [2.75, 3.05) is 0 Å². The van der Waals surface area contributed by atoms with Crippen LogP contribution < -0.4 is 0 Å². The molecule has 1 aliphatic rings. The molecule has 0 saturated heterocycles. The zero-order chi connectivity index (χ0) is 14.9. The zero-order valence-electron chi connectivity index (χ0n) is 11.9. The third-order valence-corrected chi connectivity index (χ3v) is 4.12. The van der Waals surface area contributed by atoms with Gasteiger partial charge in [-0.2, -0.15) is 0 Å². The first kappa shape index (κ1) is 14.4. The monoisotopic (exact) mass is 272 g/mol. The Balaban J connectivity index is 2.47. The van der Waals surface area contributed by atoms with Gasteiger partial charge in [0.2, 0.25) is 0 Å². The number of para-hydroxylation sites is 1. The number of benzene rings is 1. The Morgan fingerprint density at radius 2 is 2.10 bits per heavy atom. The molecule has 20 heavy (non-hydrogen) atoms. The molecule has 1 atom stereocenters. The van der Waals surface area contributed by atoms with Crippen molar-refractivity contribution in [3.63, 3.8) is 0 Å². The van der Waals surface area contributed by atoms with Gasteiger partial charge in [-0.25, -0.2) is 4.79 Å². The van der Waals surface area contributed by atoms with E-state index in [1.807, 2.05) is 6.92 Å². The lowest BCUT2D eigenvalue weighted by molar-refractivity contribution is 0.0693. The molecular formula is C17H20O3. The number of rotatable bonds is 3. The van der Waals surface area contributed by atoms with E-state index in [0.717, 1.165) is 30.4 Å². The Kier molecular flexibility index (Phi) is 3.98. The first-order valence-corrected chi connectivity index (χ1v) is 6.81. The van der Waals surface area contributed by atoms with Gasteiger partial charge in [0.1, 0.15) is 11.3 Å². The number of hydrogen-bond acceptors (Lipinski definition) is 2. The quantitative estimate of drug-likeness (QED) is 0.809. The van der Waals surface area contributed by atoms with E-state index in [1.54, 1.807) is 12.1 Å². The lowest BCUT2D eigenvalue weighted by atomic mass is 9.78. The maximum absolute atomic E-state index is 11.1. The molecule has 0 heterocycles. The van der Waals surface area contributed by atoms with Crippen LogP contribution in [0.2, 0.25) is 0 Å². The lowest BCUT2D eigenvalue weighted by Gasteiger charge is -2.27. The summed E-state index contributed by atoms with van der Waals surface area (Å²) in [5.74, 6) is -0.826. The average molecular weight is 272 g/mol. The summed E-state index contributed by atoms with van der Waals surface area (Å²) in [5, 5.41) is 19.3. The molecule has 1 aromatic rings. The fourth-order valence-corrected chi connectivity index (χ4v) is 2.78. The molecule has 0 radical (unpaired) electrons. The van der Waals surface area contributed by atoms with Crippen LogP contribution >= 0.6 is 0 Å². The Hall–Kier alpha value is -2.03. The van der Waals surface area contributed by atoms with Gasteiger partial charge in [0.05, 0.1) is 0 Å². The molecule has 1 aliphatic carbocycles. The van der Waals surface area contributed by atoms with Crippen LogP contribution in [-0.4, -0.2) is 16.2 Å². The van der Waals surface area contributed by atoms with E-state index in [4.69, 9.17) is 5.11 Å². The third-order valence-electron chi connectivity index (χ3n) is 4.12. The van der Waals surface area contributed by atoms with Gasteiger partial charge in [0.15, 0.2) is 0 Å². The van der Waals surface area contributed by atoms with E-state index in [0.29, 0.717) is 11.5 Å². The summed E-state index contributed by atoms with van der Waals surface area (Å²) in [6, 6.07) is 4.90. The second kappa shape index (κ2) is 5.53. The predicted octanol–water partition coefficient (Wildman–Crippen LogP) is 4.24. The molecule has 0 unspecified atom stereocenters. The maximum Gasteiger partial charge on any atom is 0.339 e. The minimum atomic E-state index is -1.10. The topological polar surface area (TPSA) is 57.5 Å². The summed E-state index contributed by atoms with van der Waals surface area (Å²) >= 11 is 0. The molecule has 0 aliphatic heterocycles. The summed E-state index contributed by atoms with van der Waals surface area (Å²) in [6.45, 7) is 8.10. The second-order valence-electron chi connectivity index (χ2n) is 5.55. The summed E-state index contributed by atoms with van der Waals surface area (Å²) in [6.07, 6.45) is 2.85. The molecule has 1 aromatic carbocycles. The molecule has 0 amide bonds. The second-order valence-corrected chi connectivity index (χ2v) is 5.55. The van der Waals surface area contributed by atoms with Gasteiger partial charge in [0, 0.05) is 5.56 Å². The van der Waals surface area contributed by atoms with Gasteiger partial charge in [-0.3, -0.25) is 0 Å². The largest absolute Gasteiger partial charge is 0.506 e. The van der Waals surface area contributed by atoms with Crippen molar-refractivity contribution in [1.82, 2.24) is 0 Å². The van der Waals surface area contributed by atoms with Crippen molar-refractivity contribution in [3.8, 4) is 5.75 Å². The highest BCUT2D eigenvalue weighted by molar-refractivity contribution is 5.93. The summed E-state index contributed by atoms with van der Waals surface area (Å²) < 4.78 is 0. The number of allylic oxidation sites excluding steroid dienone is 3. The lowest BCUT2D eigenvalue weighted by Crippen LogP contribution is -2.10. The smallest absolute Gasteiger partial charge is 0.339 e. The Labute approximate surface area is 119 Å². The van der Waals surface area contributed by atoms with Gasteiger partial charge >= 0.3 is 5.97 Å². The van der Waals surface area contributed by atoms with Gasteiger partial charge in [-0.05, 0) is 50.7 Å². The first-order valence-electron chi connectivity index (χ1n) is 6.81. The summed E-state index contributed by atoms with van der Waals surface area (Å²) in [7, 11) is 0. The Morgan fingerprint density at radius 3 is 2.70 bits per heavy atom. The van der Waals surface area contributed by atoms with Crippen molar-refractivity contribution in [3.05, 3.63) is 47.1 Å². The van der Waals surface area contributed by atoms with Crippen molar-refractivity contribution in [2.24, 2.45) is 5.92 Å². The molecule has 0 spiro atoms. The van der Waals surface area contributed by atoms with Gasteiger partial charge in [0.25, 0.3) is 0 Å². The maximum atomic E-state index is 11.1. The van der Waals surface area contributed by atoms with E-state index in [9.17, 15) is 9.90 Å². The van der Waals surface area contributed by atoms with Crippen LogP contribution in [0.25, 0.3) is 5.57 Å². The number of carbonyl (C=O) groups is 1. The normalized spacial score (nSPS) is 19.0. The highest BCUT2D eigenvalue weighted by atomic mass is 16.4. The number of phenols is 1. The average Bonchev–Trinajstić information content (AvgIpc) is 2.39. The van der Waals surface area contributed by atoms with Crippen LogP contribution in [0.15, 0.2) is 35.9 Å². The summed E-state index contributed by atoms with van der Waals surface area (Å²) in [5.41, 5.74) is 4.03. The van der Waals surface area contributed by atoms with Crippen molar-refractivity contribution in [2.45, 2.75) is 33.1 Å². The van der Waals surface area contributed by atoms with E-state index < -0.39 is 5.97 Å². The van der Waals surface area contributed by atoms with Crippen LogP contribution in [-0.2, 0) is 0 Å². The van der Waals surface area contributed by atoms with Crippen LogP contribution in [0, 0.1) is 5.92 Å². The molecule has 0 fully saturated rings. The first-order chi connectivity index (χ1) is 9.41. The van der Waals surface area contributed by atoms with Crippen LogP contribution in [0.4, 0.5) is 0 Å². The molecular weight excluding hydrogens is 252 g/mol. The highest BCUT2D eigenvalue weighted by Crippen LogP contribution is 2.41.